The third-order valence-electron chi connectivity index (χ3n) is 4.45. The van der Waals surface area contributed by atoms with Gasteiger partial charge in [0.1, 0.15) is 23.0 Å². The molecule has 8 heteroatoms. The van der Waals surface area contributed by atoms with E-state index in [9.17, 15) is 14.9 Å². The summed E-state index contributed by atoms with van der Waals surface area (Å²) < 4.78 is 16.2. The van der Waals surface area contributed by atoms with Crippen molar-refractivity contribution in [2.75, 3.05) is 7.11 Å². The lowest BCUT2D eigenvalue weighted by Gasteiger charge is -2.03. The minimum atomic E-state index is -0.522. The monoisotopic (exact) mass is 423 g/mol. The first-order valence-corrected chi connectivity index (χ1v) is 9.16. The van der Waals surface area contributed by atoms with E-state index in [2.05, 4.69) is 0 Å². The van der Waals surface area contributed by atoms with E-state index in [-0.39, 0.29) is 10.7 Å². The van der Waals surface area contributed by atoms with Crippen LogP contribution >= 0.6 is 11.6 Å². The topological polar surface area (TPSA) is 91.8 Å². The summed E-state index contributed by atoms with van der Waals surface area (Å²) in [6.07, 6.45) is 3.19. The molecule has 0 aliphatic carbocycles. The van der Waals surface area contributed by atoms with Gasteiger partial charge in [-0.15, -0.1) is 0 Å². The van der Waals surface area contributed by atoms with Crippen molar-refractivity contribution in [3.63, 3.8) is 0 Å². The zero-order chi connectivity index (χ0) is 21.3. The molecular formula is C22H14ClNO6. The van der Waals surface area contributed by atoms with E-state index in [1.807, 2.05) is 0 Å². The summed E-state index contributed by atoms with van der Waals surface area (Å²) in [5.41, 5.74) is 1.47. The molecular weight excluding hydrogens is 410 g/mol. The molecule has 2 aromatic carbocycles. The third kappa shape index (κ3) is 3.83. The molecule has 150 valence electrons. The van der Waals surface area contributed by atoms with Gasteiger partial charge < -0.3 is 13.9 Å². The fourth-order valence-corrected chi connectivity index (χ4v) is 3.20. The van der Waals surface area contributed by atoms with Gasteiger partial charge in [0.05, 0.1) is 22.6 Å². The van der Waals surface area contributed by atoms with Crippen molar-refractivity contribution in [3.8, 4) is 17.1 Å². The van der Waals surface area contributed by atoms with Crippen LogP contribution in [0.25, 0.3) is 23.2 Å². The predicted octanol–water partition coefficient (Wildman–Crippen LogP) is 5.50. The van der Waals surface area contributed by atoms with Crippen molar-refractivity contribution in [2.45, 2.75) is 0 Å². The number of cyclic esters (lactones) is 1. The summed E-state index contributed by atoms with van der Waals surface area (Å²) in [4.78, 5) is 22.6. The van der Waals surface area contributed by atoms with Crippen molar-refractivity contribution < 1.29 is 23.6 Å². The van der Waals surface area contributed by atoms with E-state index in [1.165, 1.54) is 18.2 Å². The molecule has 0 spiro atoms. The van der Waals surface area contributed by atoms with Crippen LogP contribution in [0.2, 0.25) is 5.02 Å². The quantitative estimate of drug-likeness (QED) is 0.233. The van der Waals surface area contributed by atoms with Gasteiger partial charge in [0.15, 0.2) is 0 Å². The van der Waals surface area contributed by atoms with Crippen molar-refractivity contribution in [3.05, 3.63) is 92.7 Å². The number of esters is 1. The second-order valence-electron chi connectivity index (χ2n) is 6.35. The standard InChI is InChI=1S/C22H14ClNO6/c1-28-16-5-2-13(3-6-16)21-11-14(22(25)30-21)10-17-7-9-20(29-17)18-8-4-15(24(26)27)12-19(18)23/h2-12H,1H3/b14-10+. The molecule has 1 aromatic heterocycles. The molecule has 7 nitrogen and oxygen atoms in total. The van der Waals surface area contributed by atoms with Crippen LogP contribution < -0.4 is 4.74 Å². The number of nitro benzene ring substituents is 1. The van der Waals surface area contributed by atoms with Gasteiger partial charge in [-0.3, -0.25) is 10.1 Å². The number of ether oxygens (including phenoxy) is 2. The van der Waals surface area contributed by atoms with Gasteiger partial charge in [-0.05, 0) is 54.6 Å². The first-order chi connectivity index (χ1) is 14.4. The summed E-state index contributed by atoms with van der Waals surface area (Å²) in [5.74, 6) is 1.48. The highest BCUT2D eigenvalue weighted by atomic mass is 35.5. The average molecular weight is 424 g/mol. The maximum atomic E-state index is 12.2. The van der Waals surface area contributed by atoms with E-state index >= 15 is 0 Å². The molecule has 1 aliphatic rings. The Bertz CT molecular complexity index is 1210. The highest BCUT2D eigenvalue weighted by Gasteiger charge is 2.23. The lowest BCUT2D eigenvalue weighted by atomic mass is 10.1. The lowest BCUT2D eigenvalue weighted by Crippen LogP contribution is -1.97. The van der Waals surface area contributed by atoms with Crippen LogP contribution in [0.5, 0.6) is 5.75 Å². The number of nitro groups is 1. The van der Waals surface area contributed by atoms with E-state index < -0.39 is 10.9 Å². The van der Waals surface area contributed by atoms with Crippen LogP contribution in [0, 0.1) is 10.1 Å². The van der Waals surface area contributed by atoms with Crippen molar-refractivity contribution in [1.29, 1.82) is 0 Å². The first kappa shape index (κ1) is 19.5. The van der Waals surface area contributed by atoms with Crippen LogP contribution in [-0.2, 0) is 9.53 Å². The first-order valence-electron chi connectivity index (χ1n) is 8.79. The number of rotatable bonds is 5. The smallest absolute Gasteiger partial charge is 0.343 e. The van der Waals surface area contributed by atoms with Crippen LogP contribution in [-0.4, -0.2) is 18.0 Å². The fraction of sp³-hybridized carbons (Fsp3) is 0.0455. The second-order valence-corrected chi connectivity index (χ2v) is 6.76. The summed E-state index contributed by atoms with van der Waals surface area (Å²) in [5, 5.41) is 11.0. The predicted molar refractivity (Wildman–Crippen MR) is 111 cm³/mol. The van der Waals surface area contributed by atoms with Gasteiger partial charge >= 0.3 is 5.97 Å². The minimum Gasteiger partial charge on any atom is -0.497 e. The molecule has 0 fully saturated rings. The fourth-order valence-electron chi connectivity index (χ4n) is 2.93. The van der Waals surface area contributed by atoms with Crippen molar-refractivity contribution in [2.24, 2.45) is 0 Å². The van der Waals surface area contributed by atoms with E-state index in [1.54, 1.807) is 55.7 Å². The Morgan fingerprint density at radius 1 is 1.10 bits per heavy atom. The molecule has 30 heavy (non-hydrogen) atoms. The number of halogens is 1. The zero-order valence-electron chi connectivity index (χ0n) is 15.6. The van der Waals surface area contributed by atoms with Crippen LogP contribution in [0.15, 0.2) is 70.7 Å². The van der Waals surface area contributed by atoms with Gasteiger partial charge in [0.2, 0.25) is 0 Å². The summed E-state index contributed by atoms with van der Waals surface area (Å²) >= 11 is 6.15. The Labute approximate surface area is 175 Å². The van der Waals surface area contributed by atoms with Gasteiger partial charge in [0, 0.05) is 23.3 Å². The van der Waals surface area contributed by atoms with Crippen LogP contribution in [0.4, 0.5) is 5.69 Å². The molecule has 0 saturated carbocycles. The second kappa shape index (κ2) is 7.88. The summed E-state index contributed by atoms with van der Waals surface area (Å²) in [6.45, 7) is 0. The average Bonchev–Trinajstić information content (AvgIpc) is 3.35. The molecule has 0 radical (unpaired) electrons. The molecule has 4 rings (SSSR count). The molecule has 0 bridgehead atoms. The molecule has 0 atom stereocenters. The summed E-state index contributed by atoms with van der Waals surface area (Å²) in [6, 6.07) is 14.6. The van der Waals surface area contributed by atoms with Gasteiger partial charge in [-0.2, -0.15) is 0 Å². The largest absolute Gasteiger partial charge is 0.497 e. The third-order valence-corrected chi connectivity index (χ3v) is 4.77. The Kier molecular flexibility index (Phi) is 5.12. The molecule has 0 saturated heterocycles. The minimum absolute atomic E-state index is 0.109. The Hall–Kier alpha value is -3.84. The number of carbonyl (C=O) groups is 1. The van der Waals surface area contributed by atoms with E-state index in [4.69, 9.17) is 25.5 Å². The summed E-state index contributed by atoms with van der Waals surface area (Å²) in [7, 11) is 1.58. The molecule has 1 aliphatic heterocycles. The normalized spacial score (nSPS) is 14.5. The highest BCUT2D eigenvalue weighted by Crippen LogP contribution is 2.34. The van der Waals surface area contributed by atoms with Gasteiger partial charge in [0.25, 0.3) is 5.69 Å². The van der Waals surface area contributed by atoms with Crippen molar-refractivity contribution in [1.82, 2.24) is 0 Å². The molecule has 2 heterocycles. The zero-order valence-corrected chi connectivity index (χ0v) is 16.4. The number of hydrogen-bond donors (Lipinski definition) is 0. The molecule has 0 unspecified atom stereocenters. The maximum Gasteiger partial charge on any atom is 0.343 e. The Morgan fingerprint density at radius 3 is 2.53 bits per heavy atom. The van der Waals surface area contributed by atoms with Gasteiger partial charge in [-0.25, -0.2) is 4.79 Å². The number of hydrogen-bond acceptors (Lipinski definition) is 6. The number of furan rings is 1. The number of benzene rings is 2. The van der Waals surface area contributed by atoms with Crippen LogP contribution in [0.3, 0.4) is 0 Å². The Balaban J connectivity index is 1.60. The molecule has 3 aromatic rings. The number of methoxy groups -OCH3 is 1. The van der Waals surface area contributed by atoms with Crippen molar-refractivity contribution >= 4 is 35.1 Å². The maximum absolute atomic E-state index is 12.2. The number of non-ortho nitro benzene ring substituents is 1. The highest BCUT2D eigenvalue weighted by molar-refractivity contribution is 6.33. The van der Waals surface area contributed by atoms with E-state index in [0.29, 0.717) is 34.2 Å². The number of nitrogens with zero attached hydrogens (tertiary/aromatic N) is 1. The number of carbonyl (C=O) groups excluding carboxylic acids is 1. The molecule has 0 amide bonds. The van der Waals surface area contributed by atoms with E-state index in [0.717, 1.165) is 5.56 Å². The lowest BCUT2D eigenvalue weighted by molar-refractivity contribution is -0.384. The molecule has 0 N–H and O–H groups in total. The van der Waals surface area contributed by atoms with Gasteiger partial charge in [-0.1, -0.05) is 11.6 Å². The van der Waals surface area contributed by atoms with Crippen LogP contribution in [0.1, 0.15) is 11.3 Å². The SMILES string of the molecule is COc1ccc(C2=C/C(=C\c3ccc(-c4ccc([N+](=O)[O-])cc4Cl)o3)C(=O)O2)cc1. The Morgan fingerprint density at radius 2 is 1.87 bits per heavy atom.